The van der Waals surface area contributed by atoms with E-state index in [0.29, 0.717) is 6.42 Å². The third-order valence-corrected chi connectivity index (χ3v) is 3.35. The van der Waals surface area contributed by atoms with E-state index in [-0.39, 0.29) is 18.4 Å². The van der Waals surface area contributed by atoms with E-state index in [0.717, 1.165) is 11.3 Å². The first-order valence-electron chi connectivity index (χ1n) is 6.84. The number of rotatable bonds is 6. The van der Waals surface area contributed by atoms with Gasteiger partial charge in [-0.3, -0.25) is 4.79 Å². The van der Waals surface area contributed by atoms with Crippen LogP contribution in [0.1, 0.15) is 12.5 Å². The normalized spacial score (nSPS) is 11.9. The molecule has 0 amide bonds. The van der Waals surface area contributed by atoms with Crippen LogP contribution in [0.25, 0.3) is 0 Å². The van der Waals surface area contributed by atoms with Crippen molar-refractivity contribution in [3.05, 3.63) is 66.0 Å². The van der Waals surface area contributed by atoms with Gasteiger partial charge in [0, 0.05) is 11.7 Å². The lowest BCUT2D eigenvalue weighted by atomic mass is 10.0. The Kier molecular flexibility index (Phi) is 4.93. The molecule has 0 spiro atoms. The molecule has 0 fully saturated rings. The second kappa shape index (κ2) is 6.88. The number of nitrogens with zero attached hydrogens (tertiary/aromatic N) is 1. The summed E-state index contributed by atoms with van der Waals surface area (Å²) in [6.07, 6.45) is 0.583. The molecule has 0 saturated heterocycles. The number of aliphatic carboxylic acids is 1. The molecule has 0 bridgehead atoms. The Hall–Kier alpha value is -2.36. The highest BCUT2D eigenvalue weighted by molar-refractivity contribution is 5.74. The van der Waals surface area contributed by atoms with Crippen molar-refractivity contribution in [2.75, 3.05) is 11.4 Å². The highest BCUT2D eigenvalue weighted by Crippen LogP contribution is 2.19. The minimum absolute atomic E-state index is 0.0506. The molecule has 0 radical (unpaired) electrons. The van der Waals surface area contributed by atoms with Gasteiger partial charge >= 0.3 is 5.97 Å². The highest BCUT2D eigenvalue weighted by atomic mass is 19.1. The van der Waals surface area contributed by atoms with Gasteiger partial charge in [-0.2, -0.15) is 0 Å². The number of benzene rings is 2. The van der Waals surface area contributed by atoms with Crippen molar-refractivity contribution in [2.24, 2.45) is 0 Å². The number of halogens is 1. The van der Waals surface area contributed by atoms with Gasteiger partial charge in [0.15, 0.2) is 0 Å². The standard InChI is InChI=1S/C17H18FNO2/c1-13(10-14-6-5-7-15(18)11-14)19(12-17(20)21)16-8-3-2-4-9-16/h2-9,11,13H,10,12H2,1H3,(H,20,21). The monoisotopic (exact) mass is 287 g/mol. The zero-order valence-electron chi connectivity index (χ0n) is 11.9. The van der Waals surface area contributed by atoms with Crippen LogP contribution in [-0.2, 0) is 11.2 Å². The van der Waals surface area contributed by atoms with Gasteiger partial charge in [0.1, 0.15) is 12.4 Å². The smallest absolute Gasteiger partial charge is 0.323 e. The third kappa shape index (κ3) is 4.31. The SMILES string of the molecule is CC(Cc1cccc(F)c1)N(CC(=O)O)c1ccccc1. The Balaban J connectivity index is 2.18. The van der Waals surface area contributed by atoms with Gasteiger partial charge in [0.2, 0.25) is 0 Å². The Morgan fingerprint density at radius 2 is 1.90 bits per heavy atom. The lowest BCUT2D eigenvalue weighted by molar-refractivity contribution is -0.135. The maximum Gasteiger partial charge on any atom is 0.323 e. The zero-order valence-corrected chi connectivity index (χ0v) is 11.9. The van der Waals surface area contributed by atoms with Gasteiger partial charge in [0.05, 0.1) is 0 Å². The second-order valence-corrected chi connectivity index (χ2v) is 5.04. The lowest BCUT2D eigenvalue weighted by Crippen LogP contribution is -2.38. The number of hydrogen-bond donors (Lipinski definition) is 1. The summed E-state index contributed by atoms with van der Waals surface area (Å²) in [5, 5.41) is 9.10. The fourth-order valence-electron chi connectivity index (χ4n) is 2.38. The lowest BCUT2D eigenvalue weighted by Gasteiger charge is -2.30. The summed E-state index contributed by atoms with van der Waals surface area (Å²) in [4.78, 5) is 12.9. The highest BCUT2D eigenvalue weighted by Gasteiger charge is 2.18. The molecule has 0 aliphatic rings. The van der Waals surface area contributed by atoms with E-state index in [4.69, 9.17) is 5.11 Å². The summed E-state index contributed by atoms with van der Waals surface area (Å²) >= 11 is 0. The minimum Gasteiger partial charge on any atom is -0.480 e. The molecule has 0 saturated carbocycles. The van der Waals surface area contributed by atoms with Gasteiger partial charge in [-0.1, -0.05) is 30.3 Å². The first kappa shape index (κ1) is 15.0. The van der Waals surface area contributed by atoms with Crippen LogP contribution >= 0.6 is 0 Å². The zero-order chi connectivity index (χ0) is 15.2. The van der Waals surface area contributed by atoms with Gasteiger partial charge in [-0.25, -0.2) is 4.39 Å². The molecular weight excluding hydrogens is 269 g/mol. The molecule has 4 heteroatoms. The molecule has 0 aliphatic heterocycles. The Labute approximate surface area is 123 Å². The summed E-state index contributed by atoms with van der Waals surface area (Å²) in [7, 11) is 0. The molecule has 3 nitrogen and oxygen atoms in total. The average Bonchev–Trinajstić information content (AvgIpc) is 2.45. The van der Waals surface area contributed by atoms with Crippen molar-refractivity contribution in [3.63, 3.8) is 0 Å². The van der Waals surface area contributed by atoms with Crippen LogP contribution in [0.5, 0.6) is 0 Å². The molecular formula is C17H18FNO2. The van der Waals surface area contributed by atoms with E-state index in [1.165, 1.54) is 12.1 Å². The Bertz CT molecular complexity index is 601. The van der Waals surface area contributed by atoms with E-state index in [9.17, 15) is 9.18 Å². The van der Waals surface area contributed by atoms with Crippen LogP contribution in [0.3, 0.4) is 0 Å². The van der Waals surface area contributed by atoms with E-state index < -0.39 is 5.97 Å². The maximum atomic E-state index is 13.2. The van der Waals surface area contributed by atoms with Crippen molar-refractivity contribution < 1.29 is 14.3 Å². The number of para-hydroxylation sites is 1. The Morgan fingerprint density at radius 1 is 1.19 bits per heavy atom. The van der Waals surface area contributed by atoms with E-state index >= 15 is 0 Å². The quantitative estimate of drug-likeness (QED) is 0.885. The number of hydrogen-bond acceptors (Lipinski definition) is 2. The predicted octanol–water partition coefficient (Wildman–Crippen LogP) is 3.35. The van der Waals surface area contributed by atoms with Crippen molar-refractivity contribution in [3.8, 4) is 0 Å². The summed E-state index contributed by atoms with van der Waals surface area (Å²) < 4.78 is 13.2. The molecule has 110 valence electrons. The van der Waals surface area contributed by atoms with Crippen LogP contribution in [0.4, 0.5) is 10.1 Å². The van der Waals surface area contributed by atoms with E-state index in [2.05, 4.69) is 0 Å². The van der Waals surface area contributed by atoms with Gasteiger partial charge in [-0.15, -0.1) is 0 Å². The van der Waals surface area contributed by atoms with Crippen LogP contribution in [0.2, 0.25) is 0 Å². The van der Waals surface area contributed by atoms with E-state index in [1.54, 1.807) is 6.07 Å². The first-order chi connectivity index (χ1) is 10.1. The number of anilines is 1. The van der Waals surface area contributed by atoms with Crippen LogP contribution in [0.15, 0.2) is 54.6 Å². The summed E-state index contributed by atoms with van der Waals surface area (Å²) in [5.74, 6) is -1.16. The molecule has 0 aliphatic carbocycles. The minimum atomic E-state index is -0.884. The number of carboxylic acids is 1. The largest absolute Gasteiger partial charge is 0.480 e. The number of carbonyl (C=O) groups is 1. The van der Waals surface area contributed by atoms with Gasteiger partial charge in [-0.05, 0) is 43.2 Å². The van der Waals surface area contributed by atoms with Crippen molar-refractivity contribution >= 4 is 11.7 Å². The molecule has 1 atom stereocenters. The molecule has 1 N–H and O–H groups in total. The van der Waals surface area contributed by atoms with Gasteiger partial charge in [0.25, 0.3) is 0 Å². The summed E-state index contributed by atoms with van der Waals surface area (Å²) in [6.45, 7) is 1.86. The maximum absolute atomic E-state index is 13.2. The molecule has 2 aromatic rings. The van der Waals surface area contributed by atoms with E-state index in [1.807, 2.05) is 48.2 Å². The van der Waals surface area contributed by atoms with Gasteiger partial charge < -0.3 is 10.0 Å². The predicted molar refractivity (Wildman–Crippen MR) is 81.0 cm³/mol. The second-order valence-electron chi connectivity index (χ2n) is 5.04. The fourth-order valence-corrected chi connectivity index (χ4v) is 2.38. The molecule has 1 unspecified atom stereocenters. The molecule has 21 heavy (non-hydrogen) atoms. The molecule has 2 rings (SSSR count). The first-order valence-corrected chi connectivity index (χ1v) is 6.84. The van der Waals surface area contributed by atoms with Crippen LogP contribution in [0, 0.1) is 5.82 Å². The molecule has 2 aromatic carbocycles. The summed E-state index contributed by atoms with van der Waals surface area (Å²) in [5.41, 5.74) is 1.71. The van der Waals surface area contributed by atoms with Crippen molar-refractivity contribution in [1.29, 1.82) is 0 Å². The fraction of sp³-hybridized carbons (Fsp3) is 0.235. The topological polar surface area (TPSA) is 40.5 Å². The molecule has 0 heterocycles. The molecule has 0 aromatic heterocycles. The average molecular weight is 287 g/mol. The Morgan fingerprint density at radius 3 is 2.52 bits per heavy atom. The van der Waals surface area contributed by atoms with Crippen LogP contribution in [-0.4, -0.2) is 23.7 Å². The van der Waals surface area contributed by atoms with Crippen LogP contribution < -0.4 is 4.90 Å². The third-order valence-electron chi connectivity index (χ3n) is 3.35. The summed E-state index contributed by atoms with van der Waals surface area (Å²) in [6, 6.07) is 15.8. The number of carboxylic acid groups (broad SMARTS) is 1. The van der Waals surface area contributed by atoms with Crippen molar-refractivity contribution in [2.45, 2.75) is 19.4 Å². The van der Waals surface area contributed by atoms with Crippen molar-refractivity contribution in [1.82, 2.24) is 0 Å².